The van der Waals surface area contributed by atoms with E-state index in [4.69, 9.17) is 9.47 Å². The van der Waals surface area contributed by atoms with Crippen molar-refractivity contribution in [2.75, 3.05) is 32.8 Å². The normalized spacial score (nSPS) is 27.1. The molecule has 0 spiro atoms. The van der Waals surface area contributed by atoms with E-state index in [2.05, 4.69) is 22.5 Å². The molecule has 2 rings (SSSR count). The summed E-state index contributed by atoms with van der Waals surface area (Å²) >= 11 is 0. The predicted molar refractivity (Wildman–Crippen MR) is 76.6 cm³/mol. The van der Waals surface area contributed by atoms with Crippen LogP contribution in [0, 0.1) is 0 Å². The molecule has 2 aliphatic heterocycles. The average molecular weight is 297 g/mol. The molecular weight excluding hydrogens is 274 g/mol. The minimum Gasteiger partial charge on any atom is -0.463 e. The molecule has 2 amide bonds. The Balaban J connectivity index is 2.15. The number of carbonyl (C=O) groups excluding carboxylic acids is 2. The van der Waals surface area contributed by atoms with Crippen molar-refractivity contribution in [3.8, 4) is 0 Å². The highest BCUT2D eigenvalue weighted by Gasteiger charge is 2.29. The second-order valence-corrected chi connectivity index (χ2v) is 5.41. The fourth-order valence-electron chi connectivity index (χ4n) is 2.48. The Morgan fingerprint density at radius 3 is 2.95 bits per heavy atom. The summed E-state index contributed by atoms with van der Waals surface area (Å²) in [5.41, 5.74) is 1.11. The molecule has 0 aromatic rings. The summed E-state index contributed by atoms with van der Waals surface area (Å²) < 4.78 is 10.6. The van der Waals surface area contributed by atoms with Gasteiger partial charge >= 0.3 is 12.0 Å². The standard InChI is InChI=1S/C14H23N3O4/c1-4-20-13(18)11-5-15-14(19)16-12(11)7-17-6-10(3)21-8-9(17)2/h9-10H,4-8H2,1-3H3,(H2,15,16,19)/t9-,10+/m1/s1. The van der Waals surface area contributed by atoms with E-state index in [-0.39, 0.29) is 30.7 Å². The van der Waals surface area contributed by atoms with Crippen LogP contribution in [0.3, 0.4) is 0 Å². The van der Waals surface area contributed by atoms with Crippen LogP contribution >= 0.6 is 0 Å². The first kappa shape index (κ1) is 15.8. The molecule has 0 aliphatic carbocycles. The van der Waals surface area contributed by atoms with Gasteiger partial charge in [0.2, 0.25) is 0 Å². The number of rotatable bonds is 4. The van der Waals surface area contributed by atoms with Crippen LogP contribution in [-0.2, 0) is 14.3 Å². The Bertz CT molecular complexity index is 450. The average Bonchev–Trinajstić information content (AvgIpc) is 2.43. The number of morpholine rings is 1. The van der Waals surface area contributed by atoms with Crippen molar-refractivity contribution in [3.63, 3.8) is 0 Å². The number of nitrogens with zero attached hydrogens (tertiary/aromatic N) is 1. The highest BCUT2D eigenvalue weighted by atomic mass is 16.5. The third-order valence-electron chi connectivity index (χ3n) is 3.67. The topological polar surface area (TPSA) is 79.9 Å². The van der Waals surface area contributed by atoms with Gasteiger partial charge in [-0.05, 0) is 20.8 Å². The molecule has 118 valence electrons. The van der Waals surface area contributed by atoms with Crippen molar-refractivity contribution in [2.24, 2.45) is 0 Å². The molecule has 0 aromatic carbocycles. The molecule has 21 heavy (non-hydrogen) atoms. The third-order valence-corrected chi connectivity index (χ3v) is 3.67. The Labute approximate surface area is 124 Å². The second kappa shape index (κ2) is 6.91. The largest absolute Gasteiger partial charge is 0.463 e. The van der Waals surface area contributed by atoms with Gasteiger partial charge in [-0.3, -0.25) is 4.90 Å². The van der Waals surface area contributed by atoms with Crippen molar-refractivity contribution in [1.82, 2.24) is 15.5 Å². The lowest BCUT2D eigenvalue weighted by atomic mass is 10.1. The molecule has 0 bridgehead atoms. The van der Waals surface area contributed by atoms with Crippen molar-refractivity contribution < 1.29 is 19.1 Å². The summed E-state index contributed by atoms with van der Waals surface area (Å²) in [6.07, 6.45) is 0.144. The molecule has 2 atom stereocenters. The molecule has 7 heteroatoms. The zero-order valence-corrected chi connectivity index (χ0v) is 12.8. The Morgan fingerprint density at radius 1 is 1.48 bits per heavy atom. The molecular formula is C14H23N3O4. The van der Waals surface area contributed by atoms with Crippen LogP contribution in [0.5, 0.6) is 0 Å². The summed E-state index contributed by atoms with van der Waals surface area (Å²) in [6.45, 7) is 8.29. The molecule has 1 saturated heterocycles. The van der Waals surface area contributed by atoms with E-state index >= 15 is 0 Å². The summed E-state index contributed by atoms with van der Waals surface area (Å²) in [7, 11) is 0. The quantitative estimate of drug-likeness (QED) is 0.726. The summed E-state index contributed by atoms with van der Waals surface area (Å²) in [5, 5.41) is 5.34. The Kier molecular flexibility index (Phi) is 5.19. The summed E-state index contributed by atoms with van der Waals surface area (Å²) in [5.74, 6) is -0.381. The van der Waals surface area contributed by atoms with Crippen molar-refractivity contribution in [3.05, 3.63) is 11.3 Å². The molecule has 0 unspecified atom stereocenters. The van der Waals surface area contributed by atoms with Gasteiger partial charge in [0.15, 0.2) is 0 Å². The SMILES string of the molecule is CCOC(=O)C1=C(CN2C[C@H](C)OC[C@H]2C)NC(=O)NC1. The van der Waals surface area contributed by atoms with Gasteiger partial charge in [-0.1, -0.05) is 0 Å². The van der Waals surface area contributed by atoms with Crippen molar-refractivity contribution in [2.45, 2.75) is 32.9 Å². The van der Waals surface area contributed by atoms with Gasteiger partial charge in [-0.25, -0.2) is 9.59 Å². The molecule has 2 N–H and O–H groups in total. The first-order valence-corrected chi connectivity index (χ1v) is 7.31. The Morgan fingerprint density at radius 2 is 2.24 bits per heavy atom. The lowest BCUT2D eigenvalue weighted by Crippen LogP contribution is -2.52. The van der Waals surface area contributed by atoms with Gasteiger partial charge in [-0.2, -0.15) is 0 Å². The van der Waals surface area contributed by atoms with Crippen LogP contribution in [0.4, 0.5) is 4.79 Å². The highest BCUT2D eigenvalue weighted by Crippen LogP contribution is 2.16. The first-order valence-electron chi connectivity index (χ1n) is 7.31. The van der Waals surface area contributed by atoms with Crippen LogP contribution in [0.25, 0.3) is 0 Å². The number of ether oxygens (including phenoxy) is 2. The predicted octanol–water partition coefficient (Wildman–Crippen LogP) is 0.226. The van der Waals surface area contributed by atoms with Gasteiger partial charge < -0.3 is 20.1 Å². The minimum absolute atomic E-state index is 0.144. The summed E-state index contributed by atoms with van der Waals surface area (Å²) in [6, 6.07) is -0.0454. The molecule has 0 aromatic heterocycles. The highest BCUT2D eigenvalue weighted by molar-refractivity contribution is 5.93. The summed E-state index contributed by atoms with van der Waals surface area (Å²) in [4.78, 5) is 25.7. The number of nitrogens with one attached hydrogen (secondary N) is 2. The lowest BCUT2D eigenvalue weighted by molar-refractivity contribution is -0.138. The number of amides is 2. The van der Waals surface area contributed by atoms with Crippen LogP contribution in [0.15, 0.2) is 11.3 Å². The number of esters is 1. The fraction of sp³-hybridized carbons (Fsp3) is 0.714. The van der Waals surface area contributed by atoms with Crippen molar-refractivity contribution in [1.29, 1.82) is 0 Å². The van der Waals surface area contributed by atoms with Crippen LogP contribution < -0.4 is 10.6 Å². The molecule has 7 nitrogen and oxygen atoms in total. The number of carbonyl (C=O) groups is 2. The maximum absolute atomic E-state index is 12.0. The van der Waals surface area contributed by atoms with Crippen molar-refractivity contribution >= 4 is 12.0 Å². The third kappa shape index (κ3) is 3.95. The lowest BCUT2D eigenvalue weighted by Gasteiger charge is -2.38. The number of urea groups is 1. The monoisotopic (exact) mass is 297 g/mol. The zero-order chi connectivity index (χ0) is 15.4. The maximum atomic E-state index is 12.0. The molecule has 0 saturated carbocycles. The molecule has 1 fully saturated rings. The number of hydrogen-bond acceptors (Lipinski definition) is 5. The van der Waals surface area contributed by atoms with Gasteiger partial charge in [0.1, 0.15) is 0 Å². The molecule has 0 radical (unpaired) electrons. The fourth-order valence-corrected chi connectivity index (χ4v) is 2.48. The zero-order valence-electron chi connectivity index (χ0n) is 12.8. The molecule has 2 heterocycles. The van der Waals surface area contributed by atoms with Gasteiger partial charge in [0.05, 0.1) is 31.4 Å². The van der Waals surface area contributed by atoms with E-state index in [1.807, 2.05) is 6.92 Å². The van der Waals surface area contributed by atoms with Crippen LogP contribution in [-0.4, -0.2) is 61.9 Å². The maximum Gasteiger partial charge on any atom is 0.337 e. The van der Waals surface area contributed by atoms with E-state index in [1.54, 1.807) is 6.92 Å². The van der Waals surface area contributed by atoms with Crippen LogP contribution in [0.2, 0.25) is 0 Å². The first-order chi connectivity index (χ1) is 10.0. The van der Waals surface area contributed by atoms with Gasteiger partial charge in [-0.15, -0.1) is 0 Å². The smallest absolute Gasteiger partial charge is 0.337 e. The van der Waals surface area contributed by atoms with E-state index in [1.165, 1.54) is 0 Å². The second-order valence-electron chi connectivity index (χ2n) is 5.41. The van der Waals surface area contributed by atoms with E-state index < -0.39 is 0 Å². The molecule has 2 aliphatic rings. The van der Waals surface area contributed by atoms with E-state index in [9.17, 15) is 9.59 Å². The van der Waals surface area contributed by atoms with Crippen LogP contribution in [0.1, 0.15) is 20.8 Å². The van der Waals surface area contributed by atoms with Gasteiger partial charge in [0.25, 0.3) is 0 Å². The van der Waals surface area contributed by atoms with E-state index in [0.29, 0.717) is 31.0 Å². The number of hydrogen-bond donors (Lipinski definition) is 2. The Hall–Kier alpha value is -1.60. The minimum atomic E-state index is -0.381. The van der Waals surface area contributed by atoms with E-state index in [0.717, 1.165) is 6.54 Å². The van der Waals surface area contributed by atoms with Gasteiger partial charge in [0, 0.05) is 24.8 Å².